The van der Waals surface area contributed by atoms with Gasteiger partial charge < -0.3 is 14.6 Å². The van der Waals surface area contributed by atoms with Crippen LogP contribution in [-0.4, -0.2) is 38.9 Å². The van der Waals surface area contributed by atoms with Crippen LogP contribution in [0.1, 0.15) is 72.0 Å². The first kappa shape index (κ1) is 22.8. The number of ether oxygens (including phenoxy) is 1. The van der Waals surface area contributed by atoms with Gasteiger partial charge in [0.15, 0.2) is 0 Å². The smallest absolute Gasteiger partial charge is 0.334 e. The Bertz CT molecular complexity index is 1220. The van der Waals surface area contributed by atoms with Crippen molar-refractivity contribution in [3.8, 4) is 0 Å². The third-order valence-electron chi connectivity index (χ3n) is 7.85. The predicted molar refractivity (Wildman–Crippen MR) is 131 cm³/mol. The first-order chi connectivity index (χ1) is 17.0. The van der Waals surface area contributed by atoms with Gasteiger partial charge in [0.2, 0.25) is 5.88 Å². The van der Waals surface area contributed by atoms with Crippen molar-refractivity contribution in [1.29, 1.82) is 0 Å². The summed E-state index contributed by atoms with van der Waals surface area (Å²) >= 11 is 0. The van der Waals surface area contributed by atoms with E-state index in [0.717, 1.165) is 92.3 Å². The number of urea groups is 1. The van der Waals surface area contributed by atoms with Crippen LogP contribution in [0.5, 0.6) is 0 Å². The summed E-state index contributed by atoms with van der Waals surface area (Å²) in [6.07, 6.45) is 10.5. The number of benzene rings is 1. The summed E-state index contributed by atoms with van der Waals surface area (Å²) in [4.78, 5) is 13.2. The van der Waals surface area contributed by atoms with Crippen LogP contribution in [0.4, 0.5) is 16.4 Å². The lowest BCUT2D eigenvalue weighted by atomic mass is 9.97. The largest absolute Gasteiger partial charge is 0.381 e. The summed E-state index contributed by atoms with van der Waals surface area (Å²) in [5, 5.41) is 7.11. The molecule has 1 saturated heterocycles. The van der Waals surface area contributed by atoms with E-state index < -0.39 is 16.2 Å². The molecule has 3 aliphatic carbocycles. The van der Waals surface area contributed by atoms with E-state index >= 15 is 0 Å². The minimum atomic E-state index is -4.24. The van der Waals surface area contributed by atoms with Gasteiger partial charge in [-0.15, -0.1) is 0 Å². The first-order valence-corrected chi connectivity index (χ1v) is 14.3. The lowest BCUT2D eigenvalue weighted by Gasteiger charge is -2.33. The highest BCUT2D eigenvalue weighted by Gasteiger charge is 2.38. The van der Waals surface area contributed by atoms with Crippen LogP contribution in [-0.2, 0) is 53.5 Å². The van der Waals surface area contributed by atoms with Gasteiger partial charge in [-0.25, -0.2) is 13.8 Å². The maximum atomic E-state index is 13.7. The molecule has 9 nitrogen and oxygen atoms in total. The molecule has 1 fully saturated rings. The Kier molecular flexibility index (Phi) is 5.96. The molecule has 2 amide bonds. The van der Waals surface area contributed by atoms with E-state index in [9.17, 15) is 13.2 Å². The molecule has 0 unspecified atom stereocenters. The highest BCUT2D eigenvalue weighted by atomic mass is 32.2. The normalized spacial score (nSPS) is 19.7. The fraction of sp³-hybridized carbons (Fsp3) is 0.600. The summed E-state index contributed by atoms with van der Waals surface area (Å²) in [6.45, 7) is 0.920. The molecule has 2 heterocycles. The Morgan fingerprint density at radius 3 is 2.29 bits per heavy atom. The maximum absolute atomic E-state index is 13.7. The highest BCUT2D eigenvalue weighted by Crippen LogP contribution is 2.39. The molecule has 35 heavy (non-hydrogen) atoms. The van der Waals surface area contributed by atoms with Crippen molar-refractivity contribution >= 4 is 27.8 Å². The summed E-state index contributed by atoms with van der Waals surface area (Å²) in [7, 11) is -4.24. The number of aromatic nitrogens is 1. The topological polar surface area (TPSA) is 114 Å². The quantitative estimate of drug-likeness (QED) is 0.649. The van der Waals surface area contributed by atoms with E-state index in [2.05, 4.69) is 21.3 Å². The first-order valence-electron chi connectivity index (χ1n) is 12.9. The minimum absolute atomic E-state index is 0.244. The second kappa shape index (κ2) is 9.13. The van der Waals surface area contributed by atoms with Crippen LogP contribution >= 0.6 is 0 Å². The van der Waals surface area contributed by atoms with Gasteiger partial charge >= 0.3 is 16.2 Å². The standard InChI is InChI=1S/C25H32N4O5S/c30-25(26-23-19-8-3-5-16(19)15-17-6-4-9-20(17)23)28-35(31,32)29(18-11-13-33-14-12-18)24-21-7-1-2-10-22(21)27-34-24/h15,18H,1-14H2,(H2,26,28,30). The number of nitrogens with one attached hydrogen (secondary N) is 2. The Labute approximate surface area is 205 Å². The second-order valence-electron chi connectivity index (χ2n) is 10.1. The van der Waals surface area contributed by atoms with Crippen molar-refractivity contribution in [1.82, 2.24) is 9.88 Å². The van der Waals surface area contributed by atoms with Crippen LogP contribution in [0, 0.1) is 0 Å². The van der Waals surface area contributed by atoms with Crippen molar-refractivity contribution in [2.45, 2.75) is 83.1 Å². The number of hydrogen-bond donors (Lipinski definition) is 2. The highest BCUT2D eigenvalue weighted by molar-refractivity contribution is 7.91. The number of rotatable bonds is 5. The van der Waals surface area contributed by atoms with Gasteiger partial charge in [-0.1, -0.05) is 11.2 Å². The molecule has 2 aromatic rings. The van der Waals surface area contributed by atoms with E-state index in [1.54, 1.807) is 0 Å². The number of hydrogen-bond acceptors (Lipinski definition) is 6. The number of carbonyl (C=O) groups is 1. The number of carbonyl (C=O) groups excluding carboxylic acids is 1. The fourth-order valence-electron chi connectivity index (χ4n) is 6.21. The second-order valence-corrected chi connectivity index (χ2v) is 11.6. The lowest BCUT2D eigenvalue weighted by molar-refractivity contribution is 0.0867. The monoisotopic (exact) mass is 500 g/mol. The number of amides is 2. The Morgan fingerprint density at radius 2 is 1.57 bits per heavy atom. The lowest BCUT2D eigenvalue weighted by Crippen LogP contribution is -2.51. The third-order valence-corrected chi connectivity index (χ3v) is 9.28. The van der Waals surface area contributed by atoms with E-state index in [0.29, 0.717) is 26.1 Å². The van der Waals surface area contributed by atoms with Gasteiger partial charge in [0, 0.05) is 24.5 Å². The van der Waals surface area contributed by atoms with Crippen LogP contribution in [0.2, 0.25) is 0 Å². The maximum Gasteiger partial charge on any atom is 0.334 e. The van der Waals surface area contributed by atoms with Crippen molar-refractivity contribution in [2.24, 2.45) is 0 Å². The molecule has 0 spiro atoms. The van der Waals surface area contributed by atoms with Gasteiger partial charge in [0.25, 0.3) is 0 Å². The predicted octanol–water partition coefficient (Wildman–Crippen LogP) is 3.58. The van der Waals surface area contributed by atoms with Gasteiger partial charge in [0.05, 0.1) is 11.7 Å². The summed E-state index contributed by atoms with van der Waals surface area (Å²) in [5.74, 6) is 0.244. The van der Waals surface area contributed by atoms with Crippen LogP contribution in [0.15, 0.2) is 10.6 Å². The van der Waals surface area contributed by atoms with Crippen molar-refractivity contribution in [3.63, 3.8) is 0 Å². The third kappa shape index (κ3) is 4.20. The van der Waals surface area contributed by atoms with Crippen LogP contribution in [0.25, 0.3) is 0 Å². The molecule has 188 valence electrons. The SMILES string of the molecule is O=C(Nc1c2c(cc3c1CCC3)CCC2)NS(=O)(=O)N(c1onc2c1CCCC2)C1CCOCC1. The zero-order valence-corrected chi connectivity index (χ0v) is 20.7. The molecule has 6 rings (SSSR count). The average molecular weight is 501 g/mol. The molecule has 1 aromatic heterocycles. The molecular weight excluding hydrogens is 468 g/mol. The van der Waals surface area contributed by atoms with E-state index in [-0.39, 0.29) is 11.9 Å². The Balaban J connectivity index is 1.30. The van der Waals surface area contributed by atoms with Crippen LogP contribution in [0.3, 0.4) is 0 Å². The molecule has 0 radical (unpaired) electrons. The summed E-state index contributed by atoms with van der Waals surface area (Å²) in [5.41, 5.74) is 7.34. The molecular formula is C25H32N4O5S. The Morgan fingerprint density at radius 1 is 0.914 bits per heavy atom. The molecule has 0 bridgehead atoms. The summed E-state index contributed by atoms with van der Waals surface area (Å²) < 4.78 is 42.1. The van der Waals surface area contributed by atoms with Gasteiger partial charge in [0.1, 0.15) is 0 Å². The molecule has 1 aliphatic heterocycles. The van der Waals surface area contributed by atoms with Crippen molar-refractivity contribution < 1.29 is 22.5 Å². The molecule has 2 N–H and O–H groups in total. The minimum Gasteiger partial charge on any atom is -0.381 e. The van der Waals surface area contributed by atoms with Gasteiger partial charge in [-0.2, -0.15) is 8.42 Å². The molecule has 1 aromatic carbocycles. The molecule has 4 aliphatic rings. The van der Waals surface area contributed by atoms with Crippen LogP contribution < -0.4 is 14.3 Å². The molecule has 0 saturated carbocycles. The zero-order chi connectivity index (χ0) is 24.0. The number of fused-ring (bicyclic) bond motifs is 3. The van der Waals surface area contributed by atoms with E-state index in [4.69, 9.17) is 9.26 Å². The van der Waals surface area contributed by atoms with E-state index in [1.807, 2.05) is 0 Å². The number of aryl methyl sites for hydroxylation is 3. The fourth-order valence-corrected chi connectivity index (χ4v) is 7.56. The van der Waals surface area contributed by atoms with Crippen molar-refractivity contribution in [2.75, 3.05) is 22.8 Å². The zero-order valence-electron chi connectivity index (χ0n) is 19.9. The molecule has 10 heteroatoms. The summed E-state index contributed by atoms with van der Waals surface area (Å²) in [6, 6.07) is 1.19. The molecule has 0 atom stereocenters. The van der Waals surface area contributed by atoms with Gasteiger partial charge in [-0.05, 0) is 99.3 Å². The van der Waals surface area contributed by atoms with Crippen molar-refractivity contribution in [3.05, 3.63) is 39.6 Å². The Hall–Kier alpha value is -2.59. The van der Waals surface area contributed by atoms with Gasteiger partial charge in [-0.3, -0.25) is 0 Å². The van der Waals surface area contributed by atoms with E-state index in [1.165, 1.54) is 15.4 Å². The number of anilines is 2. The number of nitrogens with zero attached hydrogens (tertiary/aromatic N) is 2. The average Bonchev–Trinajstić information content (AvgIpc) is 3.59.